The van der Waals surface area contributed by atoms with E-state index in [4.69, 9.17) is 0 Å². The van der Waals surface area contributed by atoms with Crippen molar-refractivity contribution in [3.8, 4) is 0 Å². The van der Waals surface area contributed by atoms with E-state index < -0.39 is 11.9 Å². The Morgan fingerprint density at radius 3 is 2.25 bits per heavy atom. The van der Waals surface area contributed by atoms with Crippen LogP contribution in [0.2, 0.25) is 0 Å². The van der Waals surface area contributed by atoms with E-state index in [1.165, 1.54) is 6.92 Å². The molecule has 1 rings (SSSR count). The Morgan fingerprint density at radius 2 is 1.83 bits per heavy atom. The summed E-state index contributed by atoms with van der Waals surface area (Å²) in [5.41, 5.74) is -0.410. The molecule has 0 amide bonds. The summed E-state index contributed by atoms with van der Waals surface area (Å²) >= 11 is 0. The maximum atomic E-state index is 12.1. The van der Waals surface area contributed by atoms with Crippen molar-refractivity contribution in [3.05, 3.63) is 22.9 Å². The fourth-order valence-electron chi connectivity index (χ4n) is 0.868. The van der Waals surface area contributed by atoms with Gasteiger partial charge in [0.1, 0.15) is 0 Å². The zero-order valence-corrected chi connectivity index (χ0v) is 6.58. The molecule has 0 aromatic rings. The molecule has 1 nitrogen and oxygen atoms in total. The fourth-order valence-corrected chi connectivity index (χ4v) is 0.868. The highest BCUT2D eigenvalue weighted by Gasteiger charge is 2.45. The van der Waals surface area contributed by atoms with Crippen molar-refractivity contribution in [2.45, 2.75) is 20.0 Å². The third-order valence-electron chi connectivity index (χ3n) is 1.33. The van der Waals surface area contributed by atoms with Crippen molar-refractivity contribution in [3.63, 3.8) is 0 Å². The average Bonchev–Trinajstić information content (AvgIpc) is 1.83. The zero-order chi connectivity index (χ0) is 9.35. The molecule has 0 saturated heterocycles. The van der Waals surface area contributed by atoms with Crippen molar-refractivity contribution in [1.29, 1.82) is 0 Å². The summed E-state index contributed by atoms with van der Waals surface area (Å²) in [4.78, 5) is 3.17. The molecule has 4 heteroatoms. The van der Waals surface area contributed by atoms with E-state index in [2.05, 4.69) is 17.3 Å². The van der Waals surface area contributed by atoms with Gasteiger partial charge in [-0.25, -0.2) is 0 Å². The fraction of sp³-hybridized carbons (Fsp3) is 0.375. The molecule has 0 N–H and O–H groups in total. The molecule has 0 fully saturated rings. The molecule has 0 aliphatic carbocycles. The molecule has 0 atom stereocenters. The normalized spacial score (nSPS) is 18.2. The first-order valence-corrected chi connectivity index (χ1v) is 3.26. The lowest BCUT2D eigenvalue weighted by molar-refractivity contribution is -0.0950. The molecule has 3 radical (unpaired) electrons. The van der Waals surface area contributed by atoms with Crippen LogP contribution in [0.5, 0.6) is 0 Å². The van der Waals surface area contributed by atoms with Gasteiger partial charge >= 0.3 is 18.1 Å². The van der Waals surface area contributed by atoms with Crippen LogP contribution in [-0.4, -0.2) is 12.4 Å². The largest absolute Gasteiger partial charge is 0.484 e. The van der Waals surface area contributed by atoms with Gasteiger partial charge in [0.05, 0.1) is 4.99 Å². The van der Waals surface area contributed by atoms with Gasteiger partial charge in [0.25, 0.3) is 0 Å². The van der Waals surface area contributed by atoms with Crippen molar-refractivity contribution < 1.29 is 13.2 Å². The summed E-state index contributed by atoms with van der Waals surface area (Å²) in [6.45, 7) is 2.93. The minimum Gasteiger partial charge on any atom is -0.161 e. The molecule has 0 unspecified atom stereocenters. The quantitative estimate of drug-likeness (QED) is 0.531. The molecule has 63 valence electrons. The molecule has 1 aliphatic rings. The second kappa shape index (κ2) is 2.77. The van der Waals surface area contributed by atoms with Gasteiger partial charge in [0.15, 0.2) is 0 Å². The molecule has 1 heterocycles. The van der Waals surface area contributed by atoms with Crippen molar-refractivity contribution in [2.24, 2.45) is 0 Å². The van der Waals surface area contributed by atoms with Gasteiger partial charge in [-0.3, -0.25) is 0 Å². The molecular formula is C8H6F3N+. The van der Waals surface area contributed by atoms with E-state index in [1.54, 1.807) is 6.92 Å². The maximum absolute atomic E-state index is 12.1. The Balaban J connectivity index is 3.10. The topological polar surface area (TPSA) is 14.1 Å². The Labute approximate surface area is 68.3 Å². The smallest absolute Gasteiger partial charge is 0.161 e. The minimum absolute atomic E-state index is 0.0127. The molecule has 0 saturated carbocycles. The second-order valence-electron chi connectivity index (χ2n) is 2.44. The summed E-state index contributed by atoms with van der Waals surface area (Å²) < 4.78 is 36.2. The van der Waals surface area contributed by atoms with E-state index in [-0.39, 0.29) is 5.57 Å². The predicted molar refractivity (Wildman–Crippen MR) is 38.3 cm³/mol. The summed E-state index contributed by atoms with van der Waals surface area (Å²) in [7, 11) is 0. The monoisotopic (exact) mass is 173 g/mol. The lowest BCUT2D eigenvalue weighted by Gasteiger charge is -2.01. The molecule has 0 spiro atoms. The maximum Gasteiger partial charge on any atom is 0.484 e. The van der Waals surface area contributed by atoms with Crippen LogP contribution in [-0.2, 0) is 0 Å². The highest BCUT2D eigenvalue weighted by molar-refractivity contribution is 5.79. The van der Waals surface area contributed by atoms with Gasteiger partial charge in [-0.15, -0.1) is 0 Å². The lowest BCUT2D eigenvalue weighted by atomic mass is 10.1. The number of hydrogen-bond donors (Lipinski definition) is 0. The Kier molecular flexibility index (Phi) is 2.08. The van der Waals surface area contributed by atoms with E-state index in [0.29, 0.717) is 5.57 Å². The van der Waals surface area contributed by atoms with Crippen molar-refractivity contribution in [2.75, 3.05) is 0 Å². The Morgan fingerprint density at radius 1 is 1.25 bits per heavy atom. The highest BCUT2D eigenvalue weighted by atomic mass is 19.4. The summed E-state index contributed by atoms with van der Waals surface area (Å²) in [5, 5.41) is 0. The first kappa shape index (κ1) is 9.03. The summed E-state index contributed by atoms with van der Waals surface area (Å²) in [5.74, 6) is 0. The number of aliphatic imine (C=N–C) groups is 1. The van der Waals surface area contributed by atoms with E-state index in [9.17, 15) is 13.2 Å². The van der Waals surface area contributed by atoms with Gasteiger partial charge < -0.3 is 0 Å². The minimum atomic E-state index is -4.40. The van der Waals surface area contributed by atoms with Crippen LogP contribution in [0.15, 0.2) is 16.8 Å². The Bertz CT molecular complexity index is 281. The van der Waals surface area contributed by atoms with Crippen molar-refractivity contribution >= 4 is 6.21 Å². The van der Waals surface area contributed by atoms with Gasteiger partial charge in [-0.05, 0) is 13.8 Å². The van der Waals surface area contributed by atoms with Crippen LogP contribution in [0, 0.1) is 6.08 Å². The first-order chi connectivity index (χ1) is 5.41. The molecule has 0 aromatic heterocycles. The third-order valence-corrected chi connectivity index (χ3v) is 1.33. The number of nitrogens with zero attached hydrogens (tertiary/aromatic N) is 1. The number of rotatable bonds is 0. The molecular weight excluding hydrogens is 167 g/mol. The van der Waals surface area contributed by atoms with E-state index in [1.807, 2.05) is 0 Å². The number of alkyl halides is 3. The first-order valence-electron chi connectivity index (χ1n) is 3.26. The third kappa shape index (κ3) is 1.75. The predicted octanol–water partition coefficient (Wildman–Crippen LogP) is 1.87. The average molecular weight is 173 g/mol. The van der Waals surface area contributed by atoms with E-state index >= 15 is 0 Å². The van der Waals surface area contributed by atoms with Crippen LogP contribution in [0.4, 0.5) is 13.2 Å². The summed E-state index contributed by atoms with van der Waals surface area (Å²) in [6.07, 6.45) is 0.331. The van der Waals surface area contributed by atoms with Gasteiger partial charge in [-0.1, -0.05) is 0 Å². The van der Waals surface area contributed by atoms with Crippen LogP contribution < -0.4 is 4.99 Å². The number of halogens is 3. The molecule has 12 heavy (non-hydrogen) atoms. The van der Waals surface area contributed by atoms with Crippen LogP contribution in [0.1, 0.15) is 13.8 Å². The highest BCUT2D eigenvalue weighted by Crippen LogP contribution is 2.27. The number of allylic oxidation sites excluding steroid dienone is 4. The SMILES string of the molecule is CC1=[C]C(C)=C(C(F)(F)F)[N+]=[C]1. The standard InChI is InChI=1S/C8H6F3N/c1-5-3-6(2)7(12-4-5)8(9,10)11/h1-2H3/q+1. The molecule has 0 aromatic carbocycles. The van der Waals surface area contributed by atoms with Gasteiger partial charge in [-0.2, -0.15) is 13.2 Å². The molecule has 0 bridgehead atoms. The zero-order valence-electron chi connectivity index (χ0n) is 6.58. The van der Waals surface area contributed by atoms with E-state index in [0.717, 1.165) is 0 Å². The van der Waals surface area contributed by atoms with Gasteiger partial charge in [0, 0.05) is 17.2 Å². The van der Waals surface area contributed by atoms with Crippen LogP contribution >= 0.6 is 0 Å². The van der Waals surface area contributed by atoms with Crippen LogP contribution in [0.25, 0.3) is 0 Å². The van der Waals surface area contributed by atoms with Crippen molar-refractivity contribution in [1.82, 2.24) is 4.99 Å². The Hall–Kier alpha value is -1.06. The lowest BCUT2D eigenvalue weighted by Crippen LogP contribution is -2.20. The number of hydrogen-bond acceptors (Lipinski definition) is 1. The molecule has 1 aliphatic heterocycles. The second-order valence-corrected chi connectivity index (χ2v) is 2.44. The summed E-state index contributed by atoms with van der Waals surface area (Å²) in [6, 6.07) is 0. The van der Waals surface area contributed by atoms with Gasteiger partial charge in [0.2, 0.25) is 0 Å². The van der Waals surface area contributed by atoms with Crippen LogP contribution in [0.3, 0.4) is 0 Å².